The van der Waals surface area contributed by atoms with E-state index in [1.807, 2.05) is 0 Å². The topological polar surface area (TPSA) is 26.0 Å². The molecule has 0 aromatic rings. The normalized spacial score (nSPS) is 53.8. The van der Waals surface area contributed by atoms with Crippen LogP contribution in [0.25, 0.3) is 0 Å². The summed E-state index contributed by atoms with van der Waals surface area (Å²) < 4.78 is 0. The zero-order valence-corrected chi connectivity index (χ0v) is 8.47. The van der Waals surface area contributed by atoms with Crippen molar-refractivity contribution >= 4 is 0 Å². The Morgan fingerprint density at radius 3 is 2.00 bits per heavy atom. The highest BCUT2D eigenvalue weighted by atomic mass is 14.6. The Balaban J connectivity index is 1.92. The maximum Gasteiger partial charge on any atom is -0.00202 e. The third-order valence-electron chi connectivity index (χ3n) is 4.91. The number of nitrogens with two attached hydrogens (primary N) is 1. The average Bonchev–Trinajstić information content (AvgIpc) is 2.33. The molecule has 4 aliphatic carbocycles. The van der Waals surface area contributed by atoms with Crippen LogP contribution in [0.5, 0.6) is 0 Å². The molecule has 2 N–H and O–H groups in total. The number of hydrogen-bond donors (Lipinski definition) is 1. The second-order valence-corrected chi connectivity index (χ2v) is 5.96. The van der Waals surface area contributed by atoms with Crippen molar-refractivity contribution in [3.63, 3.8) is 0 Å². The van der Waals surface area contributed by atoms with Gasteiger partial charge in [0.1, 0.15) is 0 Å². The first kappa shape index (κ1) is 8.28. The summed E-state index contributed by atoms with van der Waals surface area (Å²) in [6, 6.07) is 0. The van der Waals surface area contributed by atoms with Gasteiger partial charge in [0.2, 0.25) is 0 Å². The van der Waals surface area contributed by atoms with E-state index in [9.17, 15) is 0 Å². The van der Waals surface area contributed by atoms with E-state index in [0.29, 0.717) is 5.41 Å². The molecule has 4 aliphatic rings. The lowest BCUT2D eigenvalue weighted by atomic mass is 9.58. The quantitative estimate of drug-likeness (QED) is 0.657. The number of rotatable bonds is 1. The van der Waals surface area contributed by atoms with Crippen LogP contribution in [0, 0.1) is 23.2 Å². The van der Waals surface area contributed by atoms with Gasteiger partial charge in [-0.25, -0.2) is 0 Å². The minimum Gasteiger partial charge on any atom is -0.330 e. The molecule has 13 heavy (non-hydrogen) atoms. The molecule has 1 heteroatoms. The Morgan fingerprint density at radius 2 is 1.46 bits per heavy atom. The average molecular weight is 179 g/mol. The van der Waals surface area contributed by atoms with Crippen molar-refractivity contribution < 1.29 is 0 Å². The van der Waals surface area contributed by atoms with Gasteiger partial charge in [-0.1, -0.05) is 12.8 Å². The van der Waals surface area contributed by atoms with Gasteiger partial charge >= 0.3 is 0 Å². The van der Waals surface area contributed by atoms with Crippen LogP contribution in [-0.2, 0) is 0 Å². The predicted octanol–water partition coefficient (Wildman–Crippen LogP) is 2.55. The van der Waals surface area contributed by atoms with Gasteiger partial charge in [-0.05, 0) is 61.8 Å². The first-order valence-corrected chi connectivity index (χ1v) is 6.00. The third-order valence-corrected chi connectivity index (χ3v) is 4.91. The molecule has 4 rings (SSSR count). The highest BCUT2D eigenvalue weighted by Crippen LogP contribution is 2.57. The lowest BCUT2D eigenvalue weighted by molar-refractivity contribution is 0.0422. The molecule has 0 saturated heterocycles. The van der Waals surface area contributed by atoms with E-state index in [2.05, 4.69) is 0 Å². The summed E-state index contributed by atoms with van der Waals surface area (Å²) in [7, 11) is 0. The molecule has 0 aromatic carbocycles. The number of fused-ring (bicyclic) bond motifs is 1. The fraction of sp³-hybridized carbons (Fsp3) is 1.00. The molecule has 0 spiro atoms. The fourth-order valence-corrected chi connectivity index (χ4v) is 4.62. The molecule has 2 unspecified atom stereocenters. The summed E-state index contributed by atoms with van der Waals surface area (Å²) >= 11 is 0. The van der Waals surface area contributed by atoms with E-state index in [1.165, 1.54) is 44.9 Å². The maximum atomic E-state index is 6.00. The second kappa shape index (κ2) is 2.73. The van der Waals surface area contributed by atoms with Gasteiger partial charge in [-0.2, -0.15) is 0 Å². The van der Waals surface area contributed by atoms with Crippen LogP contribution in [0.4, 0.5) is 0 Å². The van der Waals surface area contributed by atoms with Crippen LogP contribution < -0.4 is 5.73 Å². The molecular weight excluding hydrogens is 158 g/mol. The Morgan fingerprint density at radius 1 is 0.923 bits per heavy atom. The van der Waals surface area contributed by atoms with Crippen LogP contribution >= 0.6 is 0 Å². The van der Waals surface area contributed by atoms with Gasteiger partial charge in [0.15, 0.2) is 0 Å². The van der Waals surface area contributed by atoms with Crippen molar-refractivity contribution in [1.82, 2.24) is 0 Å². The van der Waals surface area contributed by atoms with Crippen molar-refractivity contribution in [1.29, 1.82) is 0 Å². The van der Waals surface area contributed by atoms with E-state index < -0.39 is 0 Å². The Labute approximate surface area is 81.1 Å². The van der Waals surface area contributed by atoms with Crippen LogP contribution in [0.3, 0.4) is 0 Å². The van der Waals surface area contributed by atoms with E-state index >= 15 is 0 Å². The molecule has 0 radical (unpaired) electrons. The predicted molar refractivity (Wildman–Crippen MR) is 54.3 cm³/mol. The van der Waals surface area contributed by atoms with Crippen molar-refractivity contribution in [2.24, 2.45) is 28.9 Å². The molecule has 4 fully saturated rings. The van der Waals surface area contributed by atoms with Crippen LogP contribution in [0.2, 0.25) is 0 Å². The van der Waals surface area contributed by atoms with Crippen LogP contribution in [-0.4, -0.2) is 6.54 Å². The van der Waals surface area contributed by atoms with E-state index in [1.54, 1.807) is 0 Å². The monoisotopic (exact) mass is 179 g/mol. The minimum atomic E-state index is 0.604. The van der Waals surface area contributed by atoms with Crippen molar-refractivity contribution in [3.05, 3.63) is 0 Å². The van der Waals surface area contributed by atoms with Gasteiger partial charge in [0.05, 0.1) is 0 Å². The Hall–Kier alpha value is -0.0400. The Bertz CT molecular complexity index is 195. The molecule has 74 valence electrons. The zero-order chi connectivity index (χ0) is 8.89. The summed E-state index contributed by atoms with van der Waals surface area (Å²) in [5, 5.41) is 0. The highest BCUT2D eigenvalue weighted by Gasteiger charge is 2.47. The van der Waals surface area contributed by atoms with E-state index in [4.69, 9.17) is 5.73 Å². The third kappa shape index (κ3) is 1.24. The fourth-order valence-electron chi connectivity index (χ4n) is 4.62. The number of hydrogen-bond acceptors (Lipinski definition) is 1. The van der Waals surface area contributed by atoms with E-state index in [-0.39, 0.29) is 0 Å². The first-order valence-electron chi connectivity index (χ1n) is 6.00. The molecule has 1 nitrogen and oxygen atoms in total. The van der Waals surface area contributed by atoms with Crippen LogP contribution in [0.15, 0.2) is 0 Å². The van der Waals surface area contributed by atoms with Gasteiger partial charge < -0.3 is 5.73 Å². The molecule has 0 aliphatic heterocycles. The molecule has 0 aromatic heterocycles. The minimum absolute atomic E-state index is 0.604. The maximum absolute atomic E-state index is 6.00. The molecule has 4 saturated carbocycles. The van der Waals surface area contributed by atoms with Gasteiger partial charge in [-0.3, -0.25) is 0 Å². The molecule has 0 heterocycles. The summed E-state index contributed by atoms with van der Waals surface area (Å²) in [4.78, 5) is 0. The molecule has 0 amide bonds. The van der Waals surface area contributed by atoms with Gasteiger partial charge in [0, 0.05) is 0 Å². The summed E-state index contributed by atoms with van der Waals surface area (Å²) in [5.74, 6) is 3.16. The van der Waals surface area contributed by atoms with Gasteiger partial charge in [0.25, 0.3) is 0 Å². The second-order valence-electron chi connectivity index (χ2n) is 5.96. The summed E-state index contributed by atoms with van der Waals surface area (Å²) in [6.45, 7) is 0.969. The summed E-state index contributed by atoms with van der Waals surface area (Å²) in [6.07, 6.45) is 10.5. The highest BCUT2D eigenvalue weighted by molar-refractivity contribution is 4.99. The standard InChI is InChI=1S/C12H21N/c13-8-12-5-9-1-2-10(6-12)4-11(3-9)7-12/h9-11H,1-8,13H2/t9-,10+,11?,12?. The van der Waals surface area contributed by atoms with Crippen LogP contribution in [0.1, 0.15) is 44.9 Å². The molecule has 4 atom stereocenters. The lowest BCUT2D eigenvalue weighted by Gasteiger charge is -2.47. The van der Waals surface area contributed by atoms with Gasteiger partial charge in [-0.15, -0.1) is 0 Å². The first-order chi connectivity index (χ1) is 6.30. The molecular formula is C12H21N. The van der Waals surface area contributed by atoms with Crippen molar-refractivity contribution in [3.8, 4) is 0 Å². The van der Waals surface area contributed by atoms with E-state index in [0.717, 1.165) is 24.3 Å². The zero-order valence-electron chi connectivity index (χ0n) is 8.47. The largest absolute Gasteiger partial charge is 0.330 e. The molecule has 4 bridgehead atoms. The lowest BCUT2D eigenvalue weighted by Crippen LogP contribution is -2.42. The smallest absolute Gasteiger partial charge is 0.00202 e. The van der Waals surface area contributed by atoms with Crippen molar-refractivity contribution in [2.45, 2.75) is 44.9 Å². The van der Waals surface area contributed by atoms with Crippen molar-refractivity contribution in [2.75, 3.05) is 6.54 Å². The SMILES string of the molecule is NCC12CC3C[C@@H](CC[C@@H](C3)C1)C2. The summed E-state index contributed by atoms with van der Waals surface area (Å²) in [5.41, 5.74) is 6.60. The Kier molecular flexibility index (Phi) is 1.74.